The molecule has 0 spiro atoms. The third-order valence-electron chi connectivity index (χ3n) is 3.29. The Hall–Kier alpha value is -1.09. The number of hydrogen-bond donors (Lipinski definition) is 1. The topological polar surface area (TPSA) is 62.1 Å². The molecule has 102 valence electrons. The fourth-order valence-electron chi connectivity index (χ4n) is 2.04. The average Bonchev–Trinajstić information content (AvgIpc) is 3.05. The lowest BCUT2D eigenvalue weighted by Gasteiger charge is -2.19. The summed E-state index contributed by atoms with van der Waals surface area (Å²) in [5.41, 5.74) is 0. The molecule has 0 radical (unpaired) electrons. The lowest BCUT2D eigenvalue weighted by Crippen LogP contribution is -2.41. The van der Waals surface area contributed by atoms with Gasteiger partial charge in [-0.15, -0.1) is 11.3 Å². The Kier molecular flexibility index (Phi) is 4.81. The minimum Gasteiger partial charge on any atom is -0.381 e. The van der Waals surface area contributed by atoms with Crippen molar-refractivity contribution in [1.29, 1.82) is 5.26 Å². The molecule has 1 fully saturated rings. The Morgan fingerprint density at radius 3 is 3.00 bits per heavy atom. The zero-order valence-corrected chi connectivity index (χ0v) is 12.1. The zero-order valence-electron chi connectivity index (χ0n) is 10.6. The smallest absolute Gasteiger partial charge is 0.229 e. The van der Waals surface area contributed by atoms with Gasteiger partial charge in [0.1, 0.15) is 6.04 Å². The van der Waals surface area contributed by atoms with Gasteiger partial charge in [-0.3, -0.25) is 4.79 Å². The number of thiophene rings is 1. The molecule has 19 heavy (non-hydrogen) atoms. The maximum absolute atomic E-state index is 12.1. The molecule has 3 atom stereocenters. The molecule has 2 rings (SSSR count). The van der Waals surface area contributed by atoms with Gasteiger partial charge in [-0.25, -0.2) is 0 Å². The normalized spacial score (nSPS) is 21.6. The number of rotatable bonds is 4. The van der Waals surface area contributed by atoms with Crippen molar-refractivity contribution < 1.29 is 9.53 Å². The van der Waals surface area contributed by atoms with Crippen LogP contribution in [0.15, 0.2) is 12.1 Å². The SMILES string of the molecule is C[C@H](C(=O)N[C@@H](C#N)[C@@H]1CCOC1)c1ccc(Cl)s1. The van der Waals surface area contributed by atoms with Gasteiger partial charge in [0.05, 0.1) is 22.9 Å². The summed E-state index contributed by atoms with van der Waals surface area (Å²) in [6.45, 7) is 3.02. The second-order valence-electron chi connectivity index (χ2n) is 4.60. The Balaban J connectivity index is 1.97. The summed E-state index contributed by atoms with van der Waals surface area (Å²) in [4.78, 5) is 13.0. The van der Waals surface area contributed by atoms with Crippen molar-refractivity contribution in [1.82, 2.24) is 5.32 Å². The number of hydrogen-bond acceptors (Lipinski definition) is 4. The summed E-state index contributed by atoms with van der Waals surface area (Å²) in [5, 5.41) is 12.0. The largest absolute Gasteiger partial charge is 0.381 e. The molecule has 1 aromatic rings. The molecule has 1 aliphatic heterocycles. The van der Waals surface area contributed by atoms with E-state index in [-0.39, 0.29) is 17.7 Å². The van der Waals surface area contributed by atoms with Crippen LogP contribution in [-0.2, 0) is 9.53 Å². The third kappa shape index (κ3) is 3.47. The fraction of sp³-hybridized carbons (Fsp3) is 0.538. The minimum atomic E-state index is -0.479. The number of carbonyl (C=O) groups is 1. The van der Waals surface area contributed by atoms with Crippen LogP contribution in [0, 0.1) is 17.2 Å². The van der Waals surface area contributed by atoms with Crippen molar-refractivity contribution in [2.45, 2.75) is 25.3 Å². The van der Waals surface area contributed by atoms with Gasteiger partial charge in [0.15, 0.2) is 0 Å². The second-order valence-corrected chi connectivity index (χ2v) is 6.35. The molecule has 0 saturated carbocycles. The Morgan fingerprint density at radius 2 is 2.47 bits per heavy atom. The monoisotopic (exact) mass is 298 g/mol. The molecule has 1 N–H and O–H groups in total. The zero-order chi connectivity index (χ0) is 13.8. The van der Waals surface area contributed by atoms with Crippen molar-refractivity contribution in [3.63, 3.8) is 0 Å². The van der Waals surface area contributed by atoms with Crippen LogP contribution in [0.2, 0.25) is 4.34 Å². The number of carbonyl (C=O) groups excluding carboxylic acids is 1. The lowest BCUT2D eigenvalue weighted by atomic mass is 9.99. The maximum atomic E-state index is 12.1. The Morgan fingerprint density at radius 1 is 1.68 bits per heavy atom. The van der Waals surface area contributed by atoms with E-state index in [2.05, 4.69) is 11.4 Å². The first-order valence-electron chi connectivity index (χ1n) is 6.14. The standard InChI is InChI=1S/C13H15ClN2O2S/c1-8(11-2-3-12(14)19-11)13(17)16-10(6-15)9-4-5-18-7-9/h2-3,8-10H,4-5,7H2,1H3,(H,16,17)/t8-,9+,10-/m0/s1. The number of amides is 1. The van der Waals surface area contributed by atoms with Crippen LogP contribution < -0.4 is 5.32 Å². The van der Waals surface area contributed by atoms with E-state index in [0.29, 0.717) is 17.6 Å². The molecule has 0 unspecified atom stereocenters. The molecule has 1 saturated heterocycles. The highest BCUT2D eigenvalue weighted by atomic mass is 35.5. The van der Waals surface area contributed by atoms with E-state index in [1.54, 1.807) is 6.07 Å². The summed E-state index contributed by atoms with van der Waals surface area (Å²) >= 11 is 7.25. The van der Waals surface area contributed by atoms with Crippen LogP contribution >= 0.6 is 22.9 Å². The van der Waals surface area contributed by atoms with Gasteiger partial charge >= 0.3 is 0 Å². The van der Waals surface area contributed by atoms with Crippen molar-refractivity contribution in [2.24, 2.45) is 5.92 Å². The van der Waals surface area contributed by atoms with Gasteiger partial charge in [0.2, 0.25) is 5.91 Å². The molecule has 4 nitrogen and oxygen atoms in total. The maximum Gasteiger partial charge on any atom is 0.229 e. The number of halogens is 1. The summed E-state index contributed by atoms with van der Waals surface area (Å²) < 4.78 is 5.91. The predicted molar refractivity (Wildman–Crippen MR) is 74.2 cm³/mol. The van der Waals surface area contributed by atoms with Crippen LogP contribution in [0.5, 0.6) is 0 Å². The fourth-order valence-corrected chi connectivity index (χ4v) is 3.15. The van der Waals surface area contributed by atoms with E-state index in [4.69, 9.17) is 21.6 Å². The number of nitrogens with zero attached hydrogens (tertiary/aromatic N) is 1. The van der Waals surface area contributed by atoms with Crippen molar-refractivity contribution in [3.8, 4) is 6.07 Å². The Bertz CT molecular complexity index is 491. The summed E-state index contributed by atoms with van der Waals surface area (Å²) in [7, 11) is 0. The molecule has 1 amide bonds. The molecule has 1 aromatic heterocycles. The third-order valence-corrected chi connectivity index (χ3v) is 4.70. The second kappa shape index (κ2) is 6.38. The van der Waals surface area contributed by atoms with Gasteiger partial charge in [-0.05, 0) is 25.5 Å². The molecule has 0 aliphatic carbocycles. The van der Waals surface area contributed by atoms with Crippen LogP contribution in [0.4, 0.5) is 0 Å². The summed E-state index contributed by atoms with van der Waals surface area (Å²) in [6, 6.07) is 5.29. The van der Waals surface area contributed by atoms with Crippen molar-refractivity contribution in [2.75, 3.05) is 13.2 Å². The summed E-state index contributed by atoms with van der Waals surface area (Å²) in [6.07, 6.45) is 0.817. The average molecular weight is 299 g/mol. The van der Waals surface area contributed by atoms with Crippen molar-refractivity contribution in [3.05, 3.63) is 21.3 Å². The molecular weight excluding hydrogens is 284 g/mol. The molecular formula is C13H15ClN2O2S. The van der Waals surface area contributed by atoms with Gasteiger partial charge < -0.3 is 10.1 Å². The molecule has 6 heteroatoms. The summed E-state index contributed by atoms with van der Waals surface area (Å²) in [5.74, 6) is -0.347. The number of ether oxygens (including phenoxy) is 1. The first kappa shape index (κ1) is 14.3. The lowest BCUT2D eigenvalue weighted by molar-refractivity contribution is -0.122. The van der Waals surface area contributed by atoms with Crippen LogP contribution in [0.3, 0.4) is 0 Å². The highest BCUT2D eigenvalue weighted by Crippen LogP contribution is 2.28. The number of nitrogens with one attached hydrogen (secondary N) is 1. The first-order chi connectivity index (χ1) is 9.11. The van der Waals surface area contributed by atoms with Crippen LogP contribution in [0.25, 0.3) is 0 Å². The first-order valence-corrected chi connectivity index (χ1v) is 7.34. The number of nitriles is 1. The highest BCUT2D eigenvalue weighted by molar-refractivity contribution is 7.16. The van der Waals surface area contributed by atoms with Gasteiger partial charge in [0.25, 0.3) is 0 Å². The highest BCUT2D eigenvalue weighted by Gasteiger charge is 2.28. The van der Waals surface area contributed by atoms with E-state index < -0.39 is 6.04 Å². The van der Waals surface area contributed by atoms with Crippen LogP contribution in [-0.4, -0.2) is 25.2 Å². The van der Waals surface area contributed by atoms with Gasteiger partial charge in [-0.1, -0.05) is 11.6 Å². The van der Waals surface area contributed by atoms with Crippen LogP contribution in [0.1, 0.15) is 24.1 Å². The molecule has 1 aliphatic rings. The van der Waals surface area contributed by atoms with Gasteiger partial charge in [0, 0.05) is 17.4 Å². The van der Waals surface area contributed by atoms with E-state index in [1.807, 2.05) is 13.0 Å². The minimum absolute atomic E-state index is 0.0908. The molecule has 0 aromatic carbocycles. The van der Waals surface area contributed by atoms with Gasteiger partial charge in [-0.2, -0.15) is 5.26 Å². The predicted octanol–water partition coefficient (Wildman–Crippen LogP) is 2.55. The molecule has 2 heterocycles. The Labute approximate surface area is 121 Å². The van der Waals surface area contributed by atoms with E-state index >= 15 is 0 Å². The van der Waals surface area contributed by atoms with E-state index in [0.717, 1.165) is 11.3 Å². The van der Waals surface area contributed by atoms with E-state index in [1.165, 1.54) is 11.3 Å². The van der Waals surface area contributed by atoms with Crippen molar-refractivity contribution >= 4 is 28.8 Å². The van der Waals surface area contributed by atoms with E-state index in [9.17, 15) is 4.79 Å². The molecule has 0 bridgehead atoms. The quantitative estimate of drug-likeness (QED) is 0.929.